The first-order chi connectivity index (χ1) is 11.1. The van der Waals surface area contributed by atoms with Gasteiger partial charge in [0.25, 0.3) is 0 Å². The van der Waals surface area contributed by atoms with Crippen molar-refractivity contribution in [3.63, 3.8) is 0 Å². The van der Waals surface area contributed by atoms with Crippen molar-refractivity contribution in [3.8, 4) is 0 Å². The van der Waals surface area contributed by atoms with E-state index >= 15 is 0 Å². The van der Waals surface area contributed by atoms with E-state index in [-0.39, 0.29) is 23.4 Å². The molecule has 0 spiro atoms. The Bertz CT molecular complexity index is 633. The van der Waals surface area contributed by atoms with Gasteiger partial charge in [-0.3, -0.25) is 14.3 Å². The number of hydrogen-bond donors (Lipinski definition) is 1. The molecule has 1 saturated heterocycles. The van der Waals surface area contributed by atoms with Crippen molar-refractivity contribution in [2.45, 2.75) is 59.0 Å². The van der Waals surface area contributed by atoms with Gasteiger partial charge in [-0.2, -0.15) is 5.10 Å². The SMILES string of the molecule is Cc1nn(C)c(C)c1CCC(=O)N1CSC[C@H]1C(=O)NC(C)(C)C. The molecule has 2 rings (SSSR count). The van der Waals surface area contributed by atoms with E-state index in [1.54, 1.807) is 16.7 Å². The summed E-state index contributed by atoms with van der Waals surface area (Å²) in [6.07, 6.45) is 1.08. The molecule has 134 valence electrons. The summed E-state index contributed by atoms with van der Waals surface area (Å²) in [7, 11) is 1.91. The molecule has 1 aromatic heterocycles. The number of nitrogens with zero attached hydrogens (tertiary/aromatic N) is 3. The van der Waals surface area contributed by atoms with Crippen LogP contribution in [0.25, 0.3) is 0 Å². The third-order valence-electron chi connectivity index (χ3n) is 4.25. The van der Waals surface area contributed by atoms with Gasteiger partial charge in [0.1, 0.15) is 6.04 Å². The van der Waals surface area contributed by atoms with Crippen molar-refractivity contribution >= 4 is 23.6 Å². The lowest BCUT2D eigenvalue weighted by atomic mass is 10.1. The normalized spacial score (nSPS) is 18.1. The predicted molar refractivity (Wildman–Crippen MR) is 96.9 cm³/mol. The van der Waals surface area contributed by atoms with Crippen molar-refractivity contribution in [1.29, 1.82) is 0 Å². The van der Waals surface area contributed by atoms with E-state index in [4.69, 9.17) is 0 Å². The lowest BCUT2D eigenvalue weighted by molar-refractivity contribution is -0.138. The van der Waals surface area contributed by atoms with Gasteiger partial charge in [0.15, 0.2) is 0 Å². The maximum absolute atomic E-state index is 12.6. The molecule has 0 radical (unpaired) electrons. The Hall–Kier alpha value is -1.50. The van der Waals surface area contributed by atoms with Crippen molar-refractivity contribution in [2.24, 2.45) is 7.05 Å². The van der Waals surface area contributed by atoms with Crippen LogP contribution in [0, 0.1) is 13.8 Å². The summed E-state index contributed by atoms with van der Waals surface area (Å²) in [5.74, 6) is 1.23. The van der Waals surface area contributed by atoms with Crippen molar-refractivity contribution in [2.75, 3.05) is 11.6 Å². The van der Waals surface area contributed by atoms with Gasteiger partial charge in [-0.05, 0) is 46.6 Å². The Morgan fingerprint density at radius 2 is 2.00 bits per heavy atom. The molecule has 1 aromatic rings. The van der Waals surface area contributed by atoms with Gasteiger partial charge in [-0.1, -0.05) is 0 Å². The van der Waals surface area contributed by atoms with E-state index < -0.39 is 0 Å². The second-order valence-corrected chi connectivity index (χ2v) is 8.39. The molecule has 1 aliphatic rings. The molecule has 1 aliphatic heterocycles. The lowest BCUT2D eigenvalue weighted by Crippen LogP contribution is -2.52. The topological polar surface area (TPSA) is 67.2 Å². The zero-order chi connectivity index (χ0) is 18.1. The molecule has 0 unspecified atom stereocenters. The molecule has 0 bridgehead atoms. The van der Waals surface area contributed by atoms with Crippen LogP contribution < -0.4 is 5.32 Å². The van der Waals surface area contributed by atoms with Crippen LogP contribution in [0.1, 0.15) is 44.1 Å². The molecule has 0 aromatic carbocycles. The predicted octanol–water partition coefficient (Wildman–Crippen LogP) is 1.79. The van der Waals surface area contributed by atoms with Gasteiger partial charge in [0.2, 0.25) is 11.8 Å². The minimum absolute atomic E-state index is 0.0386. The van der Waals surface area contributed by atoms with Gasteiger partial charge < -0.3 is 10.2 Å². The Kier molecular flexibility index (Phi) is 5.63. The lowest BCUT2D eigenvalue weighted by Gasteiger charge is -2.27. The van der Waals surface area contributed by atoms with Crippen LogP contribution in [-0.2, 0) is 23.1 Å². The summed E-state index contributed by atoms with van der Waals surface area (Å²) < 4.78 is 1.85. The zero-order valence-electron chi connectivity index (χ0n) is 15.5. The summed E-state index contributed by atoms with van der Waals surface area (Å²) in [5.41, 5.74) is 2.91. The van der Waals surface area contributed by atoms with Crippen LogP contribution in [0.2, 0.25) is 0 Å². The van der Waals surface area contributed by atoms with E-state index in [2.05, 4.69) is 10.4 Å². The van der Waals surface area contributed by atoms with Crippen LogP contribution in [0.4, 0.5) is 0 Å². The van der Waals surface area contributed by atoms with Crippen LogP contribution in [0.5, 0.6) is 0 Å². The van der Waals surface area contributed by atoms with E-state index in [9.17, 15) is 9.59 Å². The Morgan fingerprint density at radius 1 is 1.33 bits per heavy atom. The molecule has 1 atom stereocenters. The van der Waals surface area contributed by atoms with Crippen molar-refractivity contribution in [3.05, 3.63) is 17.0 Å². The van der Waals surface area contributed by atoms with Gasteiger partial charge in [-0.25, -0.2) is 0 Å². The summed E-state index contributed by atoms with van der Waals surface area (Å²) >= 11 is 1.63. The number of hydrogen-bond acceptors (Lipinski definition) is 4. The standard InChI is InChI=1S/C17H28N4O2S/c1-11-13(12(2)20(6)19-11)7-8-15(22)21-10-24-9-14(21)16(23)18-17(3,4)5/h14H,7-10H2,1-6H3,(H,18,23)/t14-/m0/s1. The first-order valence-corrected chi connectivity index (χ1v) is 9.44. The van der Waals surface area contributed by atoms with Crippen LogP contribution in [0.3, 0.4) is 0 Å². The highest BCUT2D eigenvalue weighted by atomic mass is 32.2. The van der Waals surface area contributed by atoms with E-state index in [1.165, 1.54) is 0 Å². The van der Waals surface area contributed by atoms with E-state index in [0.717, 1.165) is 17.0 Å². The highest BCUT2D eigenvalue weighted by Crippen LogP contribution is 2.23. The second kappa shape index (κ2) is 7.17. The van der Waals surface area contributed by atoms with Gasteiger partial charge in [0.05, 0.1) is 11.6 Å². The molecule has 2 amide bonds. The zero-order valence-corrected chi connectivity index (χ0v) is 16.3. The smallest absolute Gasteiger partial charge is 0.244 e. The molecular formula is C17H28N4O2S. The number of rotatable bonds is 4. The summed E-state index contributed by atoms with van der Waals surface area (Å²) in [6.45, 7) is 9.84. The third kappa shape index (κ3) is 4.32. The first kappa shape index (κ1) is 18.8. The van der Waals surface area contributed by atoms with E-state index in [0.29, 0.717) is 24.5 Å². The fraction of sp³-hybridized carbons (Fsp3) is 0.706. The number of nitrogens with one attached hydrogen (secondary N) is 1. The molecule has 7 heteroatoms. The van der Waals surface area contributed by atoms with Crippen LogP contribution in [0.15, 0.2) is 0 Å². The average molecular weight is 353 g/mol. The third-order valence-corrected chi connectivity index (χ3v) is 5.26. The van der Waals surface area contributed by atoms with Gasteiger partial charge >= 0.3 is 0 Å². The molecule has 1 fully saturated rings. The fourth-order valence-electron chi connectivity index (χ4n) is 2.91. The number of aromatic nitrogens is 2. The monoisotopic (exact) mass is 352 g/mol. The van der Waals surface area contributed by atoms with Crippen LogP contribution >= 0.6 is 11.8 Å². The van der Waals surface area contributed by atoms with Crippen LogP contribution in [-0.4, -0.2) is 49.7 Å². The fourth-order valence-corrected chi connectivity index (χ4v) is 4.09. The van der Waals surface area contributed by atoms with Gasteiger partial charge in [-0.15, -0.1) is 11.8 Å². The highest BCUT2D eigenvalue weighted by Gasteiger charge is 2.35. The quantitative estimate of drug-likeness (QED) is 0.897. The molecule has 2 heterocycles. The summed E-state index contributed by atoms with van der Waals surface area (Å²) in [6, 6.07) is -0.363. The maximum Gasteiger partial charge on any atom is 0.244 e. The van der Waals surface area contributed by atoms with Gasteiger partial charge in [0, 0.05) is 30.5 Å². The molecule has 6 nitrogen and oxygen atoms in total. The Labute approximate surface area is 148 Å². The summed E-state index contributed by atoms with van der Waals surface area (Å²) in [4.78, 5) is 26.8. The van der Waals surface area contributed by atoms with E-state index in [1.807, 2.05) is 46.3 Å². The molecule has 0 aliphatic carbocycles. The molecule has 0 saturated carbocycles. The molecule has 24 heavy (non-hydrogen) atoms. The molecule has 1 N–H and O–H groups in total. The molecular weight excluding hydrogens is 324 g/mol. The largest absolute Gasteiger partial charge is 0.350 e. The number of amides is 2. The highest BCUT2D eigenvalue weighted by molar-refractivity contribution is 7.99. The number of thioether (sulfide) groups is 1. The maximum atomic E-state index is 12.6. The number of carbonyl (C=O) groups excluding carboxylic acids is 2. The Balaban J connectivity index is 1.99. The van der Waals surface area contributed by atoms with Crippen molar-refractivity contribution < 1.29 is 9.59 Å². The Morgan fingerprint density at radius 3 is 2.54 bits per heavy atom. The first-order valence-electron chi connectivity index (χ1n) is 8.28. The number of aryl methyl sites for hydroxylation is 2. The summed E-state index contributed by atoms with van der Waals surface area (Å²) in [5, 5.41) is 7.37. The average Bonchev–Trinajstić information content (AvgIpc) is 3.02. The minimum Gasteiger partial charge on any atom is -0.350 e. The second-order valence-electron chi connectivity index (χ2n) is 7.39. The minimum atomic E-state index is -0.363. The number of carbonyl (C=O) groups is 2. The van der Waals surface area contributed by atoms with Crippen molar-refractivity contribution in [1.82, 2.24) is 20.0 Å².